The van der Waals surface area contributed by atoms with Crippen LogP contribution in [-0.4, -0.2) is 5.78 Å². The largest absolute Gasteiger partial charge is 0.288 e. The summed E-state index contributed by atoms with van der Waals surface area (Å²) in [5.41, 5.74) is -0.229. The Kier molecular flexibility index (Phi) is 3.78. The molecule has 0 bridgehead atoms. The van der Waals surface area contributed by atoms with Crippen molar-refractivity contribution in [1.29, 1.82) is 0 Å². The standard InChI is InChI=1S/C13H6BrClF2O/c14-9-5-4-7(16)6-8(9)13(18)12-10(15)2-1-3-11(12)17/h1-6H. The maximum Gasteiger partial charge on any atom is 0.198 e. The molecule has 0 aliphatic heterocycles. The van der Waals surface area contributed by atoms with Crippen molar-refractivity contribution in [2.45, 2.75) is 0 Å². The van der Waals surface area contributed by atoms with Gasteiger partial charge in [-0.05, 0) is 30.3 Å². The molecule has 0 saturated heterocycles. The minimum absolute atomic E-state index is 0.00355. The highest BCUT2D eigenvalue weighted by Crippen LogP contribution is 2.26. The Labute approximate surface area is 116 Å². The molecule has 0 radical (unpaired) electrons. The molecule has 18 heavy (non-hydrogen) atoms. The zero-order chi connectivity index (χ0) is 13.3. The quantitative estimate of drug-likeness (QED) is 0.734. The monoisotopic (exact) mass is 330 g/mol. The van der Waals surface area contributed by atoms with Crippen molar-refractivity contribution >= 4 is 33.3 Å². The van der Waals surface area contributed by atoms with E-state index in [4.69, 9.17) is 11.6 Å². The summed E-state index contributed by atoms with van der Waals surface area (Å²) in [5, 5.41) is -0.00355. The maximum absolute atomic E-state index is 13.6. The van der Waals surface area contributed by atoms with Crippen molar-refractivity contribution in [3.05, 3.63) is 68.7 Å². The van der Waals surface area contributed by atoms with E-state index >= 15 is 0 Å². The van der Waals surface area contributed by atoms with E-state index in [0.717, 1.165) is 12.1 Å². The highest BCUT2D eigenvalue weighted by molar-refractivity contribution is 9.10. The summed E-state index contributed by atoms with van der Waals surface area (Å²) in [6, 6.07) is 7.56. The normalized spacial score (nSPS) is 10.4. The Morgan fingerprint density at radius 1 is 1.17 bits per heavy atom. The Hall–Kier alpha value is -1.26. The molecule has 0 spiro atoms. The number of carbonyl (C=O) groups excluding carboxylic acids is 1. The van der Waals surface area contributed by atoms with Gasteiger partial charge in [-0.15, -0.1) is 0 Å². The lowest BCUT2D eigenvalue weighted by molar-refractivity contribution is 0.103. The van der Waals surface area contributed by atoms with Crippen molar-refractivity contribution in [3.8, 4) is 0 Å². The van der Waals surface area contributed by atoms with Crippen LogP contribution >= 0.6 is 27.5 Å². The molecule has 0 amide bonds. The van der Waals surface area contributed by atoms with Crippen LogP contribution in [0.15, 0.2) is 40.9 Å². The van der Waals surface area contributed by atoms with E-state index in [-0.39, 0.29) is 16.1 Å². The Morgan fingerprint density at radius 2 is 1.89 bits per heavy atom. The summed E-state index contributed by atoms with van der Waals surface area (Å²) < 4.78 is 27.1. The summed E-state index contributed by atoms with van der Waals surface area (Å²) >= 11 is 8.92. The van der Waals surface area contributed by atoms with Crippen LogP contribution in [0.25, 0.3) is 0 Å². The Balaban J connectivity index is 2.58. The zero-order valence-electron chi connectivity index (χ0n) is 8.88. The molecule has 1 nitrogen and oxygen atoms in total. The van der Waals surface area contributed by atoms with Gasteiger partial charge in [0.25, 0.3) is 0 Å². The van der Waals surface area contributed by atoms with Crippen LogP contribution in [0.5, 0.6) is 0 Å². The molecule has 92 valence electrons. The summed E-state index contributed by atoms with van der Waals surface area (Å²) in [4.78, 5) is 12.1. The third-order valence-corrected chi connectivity index (χ3v) is 3.37. The summed E-state index contributed by atoms with van der Waals surface area (Å²) in [6.07, 6.45) is 0. The van der Waals surface area contributed by atoms with Crippen LogP contribution in [0, 0.1) is 11.6 Å². The Morgan fingerprint density at radius 3 is 2.56 bits per heavy atom. The molecule has 0 aliphatic carbocycles. The molecule has 0 heterocycles. The van der Waals surface area contributed by atoms with E-state index in [1.165, 1.54) is 24.3 Å². The third kappa shape index (κ3) is 2.44. The minimum Gasteiger partial charge on any atom is -0.288 e. The van der Waals surface area contributed by atoms with Gasteiger partial charge in [0.1, 0.15) is 11.6 Å². The Bertz CT molecular complexity index is 608. The van der Waals surface area contributed by atoms with E-state index in [2.05, 4.69) is 15.9 Å². The fourth-order valence-corrected chi connectivity index (χ4v) is 2.20. The van der Waals surface area contributed by atoms with Crippen molar-refractivity contribution in [3.63, 3.8) is 0 Å². The lowest BCUT2D eigenvalue weighted by atomic mass is 10.0. The zero-order valence-corrected chi connectivity index (χ0v) is 11.2. The molecule has 0 N–H and O–H groups in total. The van der Waals surface area contributed by atoms with Gasteiger partial charge in [-0.3, -0.25) is 4.79 Å². The van der Waals surface area contributed by atoms with Crippen LogP contribution in [0.1, 0.15) is 15.9 Å². The first-order valence-electron chi connectivity index (χ1n) is 4.94. The smallest absolute Gasteiger partial charge is 0.198 e. The topological polar surface area (TPSA) is 17.1 Å². The van der Waals surface area contributed by atoms with Crippen molar-refractivity contribution in [2.24, 2.45) is 0 Å². The molecule has 2 aromatic rings. The third-order valence-electron chi connectivity index (χ3n) is 2.36. The number of rotatable bonds is 2. The van der Waals surface area contributed by atoms with E-state index in [0.29, 0.717) is 4.47 Å². The average molecular weight is 332 g/mol. The van der Waals surface area contributed by atoms with Crippen LogP contribution in [0.2, 0.25) is 5.02 Å². The van der Waals surface area contributed by atoms with Crippen LogP contribution in [0.4, 0.5) is 8.78 Å². The number of ketones is 1. The van der Waals surface area contributed by atoms with Gasteiger partial charge in [-0.1, -0.05) is 33.6 Å². The molecule has 0 unspecified atom stereocenters. The summed E-state index contributed by atoms with van der Waals surface area (Å²) in [5.74, 6) is -1.97. The number of carbonyl (C=O) groups is 1. The summed E-state index contributed by atoms with van der Waals surface area (Å²) in [6.45, 7) is 0. The fraction of sp³-hybridized carbons (Fsp3) is 0. The van der Waals surface area contributed by atoms with Gasteiger partial charge in [-0.25, -0.2) is 8.78 Å². The van der Waals surface area contributed by atoms with Crippen molar-refractivity contribution in [2.75, 3.05) is 0 Å². The van der Waals surface area contributed by atoms with Crippen LogP contribution in [-0.2, 0) is 0 Å². The van der Waals surface area contributed by atoms with E-state index in [1.54, 1.807) is 0 Å². The van der Waals surface area contributed by atoms with E-state index in [1.807, 2.05) is 0 Å². The average Bonchev–Trinajstić information content (AvgIpc) is 2.32. The van der Waals surface area contributed by atoms with Gasteiger partial charge in [0, 0.05) is 10.0 Å². The second-order valence-corrected chi connectivity index (χ2v) is 4.81. The molecule has 0 atom stereocenters. The molecule has 5 heteroatoms. The molecular weight excluding hydrogens is 325 g/mol. The lowest BCUT2D eigenvalue weighted by Crippen LogP contribution is -2.06. The van der Waals surface area contributed by atoms with Gasteiger partial charge in [0.05, 0.1) is 10.6 Å². The number of halogens is 4. The second-order valence-electron chi connectivity index (χ2n) is 3.55. The number of benzene rings is 2. The molecule has 2 aromatic carbocycles. The molecule has 0 fully saturated rings. The van der Waals surface area contributed by atoms with Crippen molar-refractivity contribution in [1.82, 2.24) is 0 Å². The van der Waals surface area contributed by atoms with Crippen LogP contribution in [0.3, 0.4) is 0 Å². The lowest BCUT2D eigenvalue weighted by Gasteiger charge is -2.07. The first kappa shape index (κ1) is 13.2. The second kappa shape index (κ2) is 5.16. The molecule has 0 aromatic heterocycles. The predicted molar refractivity (Wildman–Crippen MR) is 68.9 cm³/mol. The van der Waals surface area contributed by atoms with Crippen LogP contribution < -0.4 is 0 Å². The summed E-state index contributed by atoms with van der Waals surface area (Å²) in [7, 11) is 0. The fourth-order valence-electron chi connectivity index (χ4n) is 1.52. The van der Waals surface area contributed by atoms with Gasteiger partial charge in [0.15, 0.2) is 5.78 Å². The number of hydrogen-bond donors (Lipinski definition) is 0. The van der Waals surface area contributed by atoms with E-state index < -0.39 is 17.4 Å². The SMILES string of the molecule is O=C(c1cc(F)ccc1Br)c1c(F)cccc1Cl. The maximum atomic E-state index is 13.6. The highest BCUT2D eigenvalue weighted by Gasteiger charge is 2.20. The predicted octanol–water partition coefficient (Wildman–Crippen LogP) is 4.61. The van der Waals surface area contributed by atoms with E-state index in [9.17, 15) is 13.6 Å². The molecule has 2 rings (SSSR count). The molecular formula is C13H6BrClF2O. The molecule has 0 aliphatic rings. The van der Waals surface area contributed by atoms with Gasteiger partial charge < -0.3 is 0 Å². The van der Waals surface area contributed by atoms with Gasteiger partial charge >= 0.3 is 0 Å². The first-order chi connectivity index (χ1) is 8.50. The minimum atomic E-state index is -0.733. The van der Waals surface area contributed by atoms with Gasteiger partial charge in [0.2, 0.25) is 0 Å². The number of hydrogen-bond acceptors (Lipinski definition) is 1. The van der Waals surface area contributed by atoms with Gasteiger partial charge in [-0.2, -0.15) is 0 Å². The van der Waals surface area contributed by atoms with Crippen molar-refractivity contribution < 1.29 is 13.6 Å². The highest BCUT2D eigenvalue weighted by atomic mass is 79.9. The first-order valence-corrected chi connectivity index (χ1v) is 6.11. The molecule has 0 saturated carbocycles.